The summed E-state index contributed by atoms with van der Waals surface area (Å²) < 4.78 is 14.8. The maximum absolute atomic E-state index is 13.3. The van der Waals surface area contributed by atoms with E-state index in [2.05, 4.69) is 4.98 Å². The van der Waals surface area contributed by atoms with Crippen molar-refractivity contribution in [2.75, 3.05) is 31.1 Å². The highest BCUT2D eigenvalue weighted by Crippen LogP contribution is 2.26. The molecule has 8 nitrogen and oxygen atoms in total. The van der Waals surface area contributed by atoms with E-state index in [1.54, 1.807) is 23.2 Å². The highest BCUT2D eigenvalue weighted by molar-refractivity contribution is 5.91. The van der Waals surface area contributed by atoms with Gasteiger partial charge in [-0.05, 0) is 30.3 Å². The van der Waals surface area contributed by atoms with Gasteiger partial charge in [-0.25, -0.2) is 14.2 Å². The first-order valence-electron chi connectivity index (χ1n) is 8.45. The fraction of sp³-hybridized carbons (Fsp3) is 0.222. The molecule has 1 fully saturated rings. The zero-order chi connectivity index (χ0) is 19.0. The van der Waals surface area contributed by atoms with Gasteiger partial charge < -0.3 is 9.80 Å². The molecule has 1 aliphatic rings. The molecule has 0 spiro atoms. The second-order valence-corrected chi connectivity index (χ2v) is 6.25. The summed E-state index contributed by atoms with van der Waals surface area (Å²) in [5.41, 5.74) is 0.597. The van der Waals surface area contributed by atoms with Gasteiger partial charge in [0.2, 0.25) is 5.82 Å². The van der Waals surface area contributed by atoms with Crippen LogP contribution in [0.3, 0.4) is 0 Å². The molecule has 9 heteroatoms. The number of nitrogens with zero attached hydrogens (tertiary/aromatic N) is 5. The number of rotatable bonds is 2. The molecular weight excluding hydrogens is 353 g/mol. The van der Waals surface area contributed by atoms with E-state index in [-0.39, 0.29) is 17.5 Å². The Morgan fingerprint density at radius 2 is 1.93 bits per heavy atom. The van der Waals surface area contributed by atoms with Crippen LogP contribution in [0.2, 0.25) is 0 Å². The van der Waals surface area contributed by atoms with Crippen molar-refractivity contribution in [2.24, 2.45) is 0 Å². The summed E-state index contributed by atoms with van der Waals surface area (Å²) in [6, 6.07) is 8.74. The summed E-state index contributed by atoms with van der Waals surface area (Å²) >= 11 is 0. The number of anilines is 1. The first-order valence-corrected chi connectivity index (χ1v) is 8.45. The van der Waals surface area contributed by atoms with Crippen LogP contribution in [0.1, 0.15) is 0 Å². The summed E-state index contributed by atoms with van der Waals surface area (Å²) in [7, 11) is 0. The van der Waals surface area contributed by atoms with E-state index in [9.17, 15) is 19.3 Å². The largest absolute Gasteiger partial charge is 0.347 e. The topological polar surface area (TPSA) is 84.5 Å². The van der Waals surface area contributed by atoms with E-state index in [0.29, 0.717) is 42.9 Å². The molecule has 0 atom stereocenters. The van der Waals surface area contributed by atoms with Crippen molar-refractivity contribution < 1.29 is 14.1 Å². The molecular formula is C18H16FN5O3. The Labute approximate surface area is 153 Å². The molecule has 2 aromatic heterocycles. The van der Waals surface area contributed by atoms with Crippen molar-refractivity contribution in [1.29, 1.82) is 0 Å². The van der Waals surface area contributed by atoms with Crippen molar-refractivity contribution in [3.8, 4) is 0 Å². The van der Waals surface area contributed by atoms with Crippen molar-refractivity contribution in [3.05, 3.63) is 64.7 Å². The molecule has 0 unspecified atom stereocenters. The molecule has 0 radical (unpaired) electrons. The number of hydrogen-bond acceptors (Lipinski definition) is 5. The van der Waals surface area contributed by atoms with Crippen molar-refractivity contribution in [1.82, 2.24) is 14.5 Å². The lowest BCUT2D eigenvalue weighted by molar-refractivity contribution is -0.384. The van der Waals surface area contributed by atoms with Gasteiger partial charge in [0.15, 0.2) is 0 Å². The molecule has 1 aromatic carbocycles. The van der Waals surface area contributed by atoms with E-state index in [1.165, 1.54) is 35.0 Å². The summed E-state index contributed by atoms with van der Waals surface area (Å²) in [5, 5.41) is 11.8. The molecule has 1 aliphatic heterocycles. The predicted molar refractivity (Wildman–Crippen MR) is 97.4 cm³/mol. The average molecular weight is 369 g/mol. The van der Waals surface area contributed by atoms with Crippen LogP contribution in [0.4, 0.5) is 20.7 Å². The second kappa shape index (κ2) is 6.67. The first kappa shape index (κ1) is 17.0. The Kier molecular flexibility index (Phi) is 4.19. The molecule has 4 rings (SSSR count). The maximum Gasteiger partial charge on any atom is 0.328 e. The van der Waals surface area contributed by atoms with Gasteiger partial charge >= 0.3 is 11.7 Å². The number of pyridine rings is 1. The molecule has 1 amide bonds. The second-order valence-electron chi connectivity index (χ2n) is 6.25. The van der Waals surface area contributed by atoms with Crippen LogP contribution in [0.25, 0.3) is 10.9 Å². The third-order valence-electron chi connectivity index (χ3n) is 4.67. The number of fused-ring (bicyclic) bond motifs is 1. The van der Waals surface area contributed by atoms with E-state index in [4.69, 9.17) is 0 Å². The molecule has 27 heavy (non-hydrogen) atoms. The number of carbonyl (C=O) groups excluding carboxylic acids is 1. The third kappa shape index (κ3) is 3.07. The van der Waals surface area contributed by atoms with Gasteiger partial charge in [0.25, 0.3) is 0 Å². The van der Waals surface area contributed by atoms with Crippen LogP contribution in [-0.4, -0.2) is 51.6 Å². The van der Waals surface area contributed by atoms with Gasteiger partial charge in [0.05, 0.1) is 10.4 Å². The summed E-state index contributed by atoms with van der Waals surface area (Å²) in [6.45, 7) is 1.70. The molecule has 0 saturated carbocycles. The monoisotopic (exact) mass is 369 g/mol. The standard InChI is InChI=1S/C18H16FN5O3/c19-14-3-4-15-13(12-14)5-7-23(15)18(25)22-10-8-21(9-11-22)17-16(24(26)27)2-1-6-20-17/h1-7,12H,8-11H2. The number of aromatic nitrogens is 2. The fourth-order valence-electron chi connectivity index (χ4n) is 3.32. The third-order valence-corrected chi connectivity index (χ3v) is 4.67. The van der Waals surface area contributed by atoms with Gasteiger partial charge in [0.1, 0.15) is 5.82 Å². The smallest absolute Gasteiger partial charge is 0.328 e. The van der Waals surface area contributed by atoms with E-state index in [1.807, 2.05) is 4.90 Å². The van der Waals surface area contributed by atoms with Crippen molar-refractivity contribution in [3.63, 3.8) is 0 Å². The molecule has 3 heterocycles. The van der Waals surface area contributed by atoms with Crippen molar-refractivity contribution in [2.45, 2.75) is 0 Å². The van der Waals surface area contributed by atoms with E-state index < -0.39 is 4.92 Å². The Morgan fingerprint density at radius 1 is 1.15 bits per heavy atom. The molecule has 0 bridgehead atoms. The SMILES string of the molecule is O=C(N1CCN(c2ncccc2[N+](=O)[O-])CC1)n1ccc2cc(F)ccc21. The Hall–Kier alpha value is -3.49. The maximum atomic E-state index is 13.3. The highest BCUT2D eigenvalue weighted by atomic mass is 19.1. The van der Waals surface area contributed by atoms with Gasteiger partial charge in [-0.2, -0.15) is 0 Å². The Balaban J connectivity index is 1.51. The lowest BCUT2D eigenvalue weighted by Crippen LogP contribution is -2.50. The first-order chi connectivity index (χ1) is 13.0. The quantitative estimate of drug-likeness (QED) is 0.512. The molecule has 1 saturated heterocycles. The zero-order valence-electron chi connectivity index (χ0n) is 14.3. The fourth-order valence-corrected chi connectivity index (χ4v) is 3.32. The molecule has 0 aliphatic carbocycles. The van der Waals surface area contributed by atoms with Crippen LogP contribution in [0.15, 0.2) is 48.8 Å². The minimum atomic E-state index is -0.453. The Morgan fingerprint density at radius 3 is 2.67 bits per heavy atom. The number of hydrogen-bond donors (Lipinski definition) is 0. The van der Waals surface area contributed by atoms with E-state index in [0.717, 1.165) is 0 Å². The summed E-state index contributed by atoms with van der Waals surface area (Å²) in [4.78, 5) is 31.2. The number of piperazine rings is 1. The number of halogens is 1. The Bertz CT molecular complexity index is 1030. The summed E-state index contributed by atoms with van der Waals surface area (Å²) in [5.74, 6) is -0.0326. The predicted octanol–water partition coefficient (Wildman–Crippen LogP) is 2.87. The normalized spacial score (nSPS) is 14.6. The zero-order valence-corrected chi connectivity index (χ0v) is 14.3. The van der Waals surface area contributed by atoms with Gasteiger partial charge in [-0.3, -0.25) is 14.7 Å². The summed E-state index contributed by atoms with van der Waals surface area (Å²) in [6.07, 6.45) is 3.15. The molecule has 138 valence electrons. The molecule has 0 N–H and O–H groups in total. The van der Waals surface area contributed by atoms with Gasteiger partial charge in [-0.15, -0.1) is 0 Å². The van der Waals surface area contributed by atoms with Crippen molar-refractivity contribution >= 4 is 28.4 Å². The van der Waals surface area contributed by atoms with Crippen LogP contribution < -0.4 is 4.90 Å². The number of amides is 1. The minimum Gasteiger partial charge on any atom is -0.347 e. The number of benzene rings is 1. The lowest BCUT2D eigenvalue weighted by Gasteiger charge is -2.35. The minimum absolute atomic E-state index is 0.0456. The average Bonchev–Trinajstić information content (AvgIpc) is 3.10. The molecule has 3 aromatic rings. The van der Waals surface area contributed by atoms with Gasteiger partial charge in [0, 0.05) is 50.0 Å². The van der Waals surface area contributed by atoms with Crippen LogP contribution >= 0.6 is 0 Å². The van der Waals surface area contributed by atoms with Crippen LogP contribution in [0, 0.1) is 15.9 Å². The number of carbonyl (C=O) groups is 1. The van der Waals surface area contributed by atoms with Crippen LogP contribution in [-0.2, 0) is 0 Å². The lowest BCUT2D eigenvalue weighted by atomic mass is 10.2. The van der Waals surface area contributed by atoms with E-state index >= 15 is 0 Å². The van der Waals surface area contributed by atoms with Gasteiger partial charge in [-0.1, -0.05) is 0 Å². The highest BCUT2D eigenvalue weighted by Gasteiger charge is 2.27. The number of nitro groups is 1. The van der Waals surface area contributed by atoms with Crippen LogP contribution in [0.5, 0.6) is 0 Å².